The standard InChI is InChI=1S/C53H31N3S.C28H15ClN2S.C26H18/c1-2-15-34-31-35(26-25-32(34)13-1)50-39-28-30-47-49(48-36-16-4-3-14-33(36)27-29-46(48)57-47)51(39)55-52(54-50)56-44-23-11-9-21-42(44)53(43-22-10-12-24-45(43)56)40-19-7-5-17-37(40)38-18-6-8-20-41(38)53;29-28-30-26(19-10-9-16-5-1-2-7-18(16)15-19)21-12-14-23-25(27(21)31-28)24-20-8-4-3-6-17(20)11-13-22(24)32-23;1-5-13-22-18(9-1)17-19-10-2-6-14-23(19)26(22)24-15-7-3-11-20(24)21-12-4-8-16-25(21)26/h1-31H;1-15H;1-16H,17H2. The van der Waals surface area contributed by atoms with Gasteiger partial charge in [0.1, 0.15) is 0 Å². The van der Waals surface area contributed by atoms with Crippen LogP contribution < -0.4 is 4.90 Å². The third kappa shape index (κ3) is 9.67. The van der Waals surface area contributed by atoms with E-state index in [4.69, 9.17) is 26.6 Å². The third-order valence-corrected chi connectivity index (χ3v) is 27.2. The van der Waals surface area contributed by atoms with Crippen LogP contribution in [-0.4, -0.2) is 19.9 Å². The molecule has 0 saturated carbocycles. The molecule has 0 radical (unpaired) electrons. The zero-order valence-corrected chi connectivity index (χ0v) is 64.3. The summed E-state index contributed by atoms with van der Waals surface area (Å²) in [6.45, 7) is 0. The van der Waals surface area contributed by atoms with E-state index in [0.717, 1.165) is 67.5 Å². The average Bonchev–Trinajstić information content (AvgIpc) is 1.57. The third-order valence-electron chi connectivity index (χ3n) is 24.8. The summed E-state index contributed by atoms with van der Waals surface area (Å²) in [7, 11) is 0. The molecule has 0 saturated heterocycles. The molecule has 0 unspecified atom stereocenters. The van der Waals surface area contributed by atoms with Gasteiger partial charge in [-0.05, 0) is 200 Å². The van der Waals surface area contributed by atoms with Crippen molar-refractivity contribution in [3.05, 3.63) is 437 Å². The van der Waals surface area contributed by atoms with E-state index in [2.05, 4.69) is 386 Å². The van der Waals surface area contributed by atoms with Crippen molar-refractivity contribution in [1.29, 1.82) is 0 Å². The van der Waals surface area contributed by atoms with Gasteiger partial charge in [-0.25, -0.2) is 19.9 Å². The summed E-state index contributed by atoms with van der Waals surface area (Å²) in [6, 6.07) is 137. The van der Waals surface area contributed by atoms with Crippen molar-refractivity contribution in [1.82, 2.24) is 19.9 Å². The molecule has 4 aliphatic rings. The number of fused-ring (bicyclic) bond motifs is 34. The molecule has 4 aromatic heterocycles. The maximum absolute atomic E-state index is 6.51. The fourth-order valence-electron chi connectivity index (χ4n) is 20.1. The highest BCUT2D eigenvalue weighted by Gasteiger charge is 2.53. The van der Waals surface area contributed by atoms with Crippen molar-refractivity contribution in [2.24, 2.45) is 0 Å². The van der Waals surface area contributed by atoms with Crippen LogP contribution in [0.15, 0.2) is 376 Å². The first kappa shape index (κ1) is 65.9. The lowest BCUT2D eigenvalue weighted by Gasteiger charge is -2.44. The Morgan fingerprint density at radius 3 is 1.07 bits per heavy atom. The summed E-state index contributed by atoms with van der Waals surface area (Å²) < 4.78 is 4.95. The van der Waals surface area contributed by atoms with Gasteiger partial charge in [0.25, 0.3) is 0 Å². The Kier molecular flexibility index (Phi) is 14.7. The highest BCUT2D eigenvalue weighted by molar-refractivity contribution is 7.26. The number of thiophene rings is 2. The summed E-state index contributed by atoms with van der Waals surface area (Å²) in [6.07, 6.45) is 1.01. The first-order chi connectivity index (χ1) is 56.9. The van der Waals surface area contributed by atoms with Crippen LogP contribution in [-0.2, 0) is 17.3 Å². The SMILES string of the molecule is Clc1nc(-c2ccc3ccccc3c2)c2ccc3sc4ccc5ccccc5c4c3c2n1.c1ccc2c(c1)-c1ccccc1C21c2ccccc2N(c2nc(-c3ccc4ccccc4c3)c3ccc4sc5ccc6ccccc6c5c4c3n2)c2ccccc21.c1ccc2c(c1)Cc1ccccc1C21c2ccccc2-c2ccccc21. The minimum atomic E-state index is -0.509. The number of nitrogens with zero attached hydrogens (tertiary/aromatic N) is 5. The molecule has 8 heteroatoms. The number of anilines is 3. The van der Waals surface area contributed by atoms with E-state index >= 15 is 0 Å². The number of para-hydroxylation sites is 2. The lowest BCUT2D eigenvalue weighted by atomic mass is 9.61. The first-order valence-corrected chi connectivity index (χ1v) is 41.2. The molecular weight excluding hydrogens is 1450 g/mol. The number of halogens is 1. The van der Waals surface area contributed by atoms with Crippen LogP contribution in [0.25, 0.3) is 150 Å². The van der Waals surface area contributed by atoms with Gasteiger partial charge in [0, 0.05) is 62.2 Å². The lowest BCUT2D eigenvalue weighted by molar-refractivity contribution is 0.722. The summed E-state index contributed by atoms with van der Waals surface area (Å²) >= 11 is 10.1. The van der Waals surface area contributed by atoms with Crippen molar-refractivity contribution < 1.29 is 0 Å². The van der Waals surface area contributed by atoms with Crippen molar-refractivity contribution in [3.63, 3.8) is 0 Å². The van der Waals surface area contributed by atoms with Crippen molar-refractivity contribution in [2.45, 2.75) is 17.3 Å². The van der Waals surface area contributed by atoms with Crippen molar-refractivity contribution in [3.8, 4) is 44.8 Å². The molecule has 0 amide bonds. The van der Waals surface area contributed by atoms with E-state index in [-0.39, 0.29) is 10.7 Å². The highest BCUT2D eigenvalue weighted by Crippen LogP contribution is 2.64. The quantitative estimate of drug-likeness (QED) is 0.165. The molecule has 22 aromatic rings. The molecule has 115 heavy (non-hydrogen) atoms. The second-order valence-corrected chi connectivity index (χ2v) is 33.1. The zero-order valence-electron chi connectivity index (χ0n) is 61.9. The van der Waals surface area contributed by atoms with Crippen LogP contribution in [0, 0.1) is 0 Å². The Balaban J connectivity index is 0.000000110. The van der Waals surface area contributed by atoms with Gasteiger partial charge in [0.15, 0.2) is 0 Å². The highest BCUT2D eigenvalue weighted by atomic mass is 35.5. The van der Waals surface area contributed by atoms with Crippen molar-refractivity contribution >= 4 is 157 Å². The van der Waals surface area contributed by atoms with Gasteiger partial charge in [0.2, 0.25) is 11.2 Å². The molecule has 0 bridgehead atoms. The predicted molar refractivity (Wildman–Crippen MR) is 483 cm³/mol. The minimum absolute atomic E-state index is 0.196. The molecule has 5 nitrogen and oxygen atoms in total. The molecule has 536 valence electrons. The maximum Gasteiger partial charge on any atom is 0.235 e. The number of benzene rings is 18. The second-order valence-electron chi connectivity index (χ2n) is 30.6. The van der Waals surface area contributed by atoms with E-state index in [1.54, 1.807) is 11.3 Å². The first-order valence-electron chi connectivity index (χ1n) is 39.2. The summed E-state index contributed by atoms with van der Waals surface area (Å²) in [4.78, 5) is 23.1. The molecule has 2 spiro atoms. The smallest absolute Gasteiger partial charge is 0.235 e. The maximum atomic E-state index is 6.51. The van der Waals surface area contributed by atoms with Crippen LogP contribution in [0.1, 0.15) is 55.6 Å². The fourth-order valence-corrected chi connectivity index (χ4v) is 22.5. The molecule has 1 aliphatic heterocycles. The molecule has 0 N–H and O–H groups in total. The van der Waals surface area contributed by atoms with Gasteiger partial charge in [0.05, 0.1) is 44.6 Å². The zero-order chi connectivity index (χ0) is 75.6. The molecule has 3 aliphatic carbocycles. The second kappa shape index (κ2) is 25.6. The molecule has 5 heterocycles. The molecule has 18 aromatic carbocycles. The van der Waals surface area contributed by atoms with E-state index in [9.17, 15) is 0 Å². The van der Waals surface area contributed by atoms with Gasteiger partial charge >= 0.3 is 0 Å². The normalized spacial score (nSPS) is 13.5. The molecule has 0 atom stereocenters. The Morgan fingerprint density at radius 2 is 0.600 bits per heavy atom. The Morgan fingerprint density at radius 1 is 0.261 bits per heavy atom. The average molecular weight is 1520 g/mol. The largest absolute Gasteiger partial charge is 0.278 e. The van der Waals surface area contributed by atoms with Crippen LogP contribution in [0.3, 0.4) is 0 Å². The van der Waals surface area contributed by atoms with E-state index in [0.29, 0.717) is 5.95 Å². The van der Waals surface area contributed by atoms with Gasteiger partial charge in [-0.2, -0.15) is 0 Å². The van der Waals surface area contributed by atoms with E-state index in [1.165, 1.54) is 156 Å². The van der Waals surface area contributed by atoms with Crippen LogP contribution in [0.4, 0.5) is 17.3 Å². The molecule has 0 fully saturated rings. The fraction of sp³-hybridized carbons (Fsp3) is 0.0280. The number of rotatable bonds is 3. The summed E-state index contributed by atoms with van der Waals surface area (Å²) in [5, 5.41) is 16.9. The van der Waals surface area contributed by atoms with Gasteiger partial charge < -0.3 is 0 Å². The van der Waals surface area contributed by atoms with Crippen LogP contribution >= 0.6 is 34.3 Å². The Labute approximate surface area is 675 Å². The van der Waals surface area contributed by atoms with Gasteiger partial charge in [-0.15, -0.1) is 22.7 Å². The predicted octanol–water partition coefficient (Wildman–Crippen LogP) is 28.7. The summed E-state index contributed by atoms with van der Waals surface area (Å²) in [5.41, 5.74) is 26.2. The van der Waals surface area contributed by atoms with E-state index < -0.39 is 5.41 Å². The number of aromatic nitrogens is 4. The van der Waals surface area contributed by atoms with E-state index in [1.807, 2.05) is 11.3 Å². The lowest BCUT2D eigenvalue weighted by Crippen LogP contribution is -2.36. The Bertz CT molecular complexity index is 7720. The Hall–Kier alpha value is -13.8. The number of hydrogen-bond acceptors (Lipinski definition) is 7. The summed E-state index contributed by atoms with van der Waals surface area (Å²) in [5.74, 6) is 0.659. The minimum Gasteiger partial charge on any atom is -0.278 e. The topological polar surface area (TPSA) is 54.8 Å². The van der Waals surface area contributed by atoms with Crippen LogP contribution in [0.2, 0.25) is 5.28 Å². The molecular formula is C107H64ClN5S2. The van der Waals surface area contributed by atoms with Crippen LogP contribution in [0.5, 0.6) is 0 Å². The monoisotopic (exact) mass is 1520 g/mol. The number of hydrogen-bond donors (Lipinski definition) is 0. The van der Waals surface area contributed by atoms with Gasteiger partial charge in [-0.1, -0.05) is 315 Å². The van der Waals surface area contributed by atoms with Crippen molar-refractivity contribution in [2.75, 3.05) is 4.90 Å². The molecule has 26 rings (SSSR count). The van der Waals surface area contributed by atoms with Gasteiger partial charge in [-0.3, -0.25) is 4.90 Å².